The van der Waals surface area contributed by atoms with Gasteiger partial charge in [-0.3, -0.25) is 4.79 Å². The number of nitrogens with zero attached hydrogens (tertiary/aromatic N) is 1. The summed E-state index contributed by atoms with van der Waals surface area (Å²) in [6.07, 6.45) is -1.06. The second-order valence-electron chi connectivity index (χ2n) is 5.78. The molecular formula is C13H15F3N2O. The Kier molecular flexibility index (Phi) is 2.74. The summed E-state index contributed by atoms with van der Waals surface area (Å²) in [6, 6.07) is 1.65. The predicted molar refractivity (Wildman–Crippen MR) is 63.7 cm³/mol. The van der Waals surface area contributed by atoms with Crippen LogP contribution in [0.25, 0.3) is 0 Å². The molecule has 19 heavy (non-hydrogen) atoms. The van der Waals surface area contributed by atoms with Crippen LogP contribution in [0.3, 0.4) is 0 Å². The minimum atomic E-state index is -4.45. The first-order valence-electron chi connectivity index (χ1n) is 6.36. The van der Waals surface area contributed by atoms with Crippen molar-refractivity contribution in [3.8, 4) is 0 Å². The summed E-state index contributed by atoms with van der Waals surface area (Å²) in [4.78, 5) is 11.7. The molecule has 1 aromatic heterocycles. The molecule has 0 atom stereocenters. The van der Waals surface area contributed by atoms with Gasteiger partial charge in [-0.1, -0.05) is 0 Å². The van der Waals surface area contributed by atoms with Gasteiger partial charge in [0, 0.05) is 31.9 Å². The van der Waals surface area contributed by atoms with E-state index in [9.17, 15) is 18.0 Å². The molecule has 1 spiro atoms. The van der Waals surface area contributed by atoms with Crippen molar-refractivity contribution in [1.82, 2.24) is 9.88 Å². The van der Waals surface area contributed by atoms with Gasteiger partial charge < -0.3 is 9.88 Å². The van der Waals surface area contributed by atoms with Crippen LogP contribution in [-0.4, -0.2) is 17.7 Å². The molecule has 0 unspecified atom stereocenters. The summed E-state index contributed by atoms with van der Waals surface area (Å²) >= 11 is 0. The number of rotatable bonds is 2. The summed E-state index contributed by atoms with van der Waals surface area (Å²) < 4.78 is 38.7. The first-order valence-corrected chi connectivity index (χ1v) is 6.36. The zero-order chi connectivity index (χ0) is 13.7. The van der Waals surface area contributed by atoms with Gasteiger partial charge in [-0.15, -0.1) is 0 Å². The number of nitrogens with one attached hydrogen (secondary N) is 1. The van der Waals surface area contributed by atoms with Crippen molar-refractivity contribution in [1.29, 1.82) is 0 Å². The Balaban J connectivity index is 1.67. The number of hydrogen-bond donors (Lipinski definition) is 1. The Morgan fingerprint density at radius 2 is 2.05 bits per heavy atom. The van der Waals surface area contributed by atoms with Gasteiger partial charge in [-0.25, -0.2) is 0 Å². The van der Waals surface area contributed by atoms with Crippen molar-refractivity contribution in [2.75, 3.05) is 13.1 Å². The molecule has 0 bridgehead atoms. The lowest BCUT2D eigenvalue weighted by molar-refractivity contribution is -0.137. The average molecular weight is 272 g/mol. The highest BCUT2D eigenvalue weighted by molar-refractivity contribution is 5.15. The van der Waals surface area contributed by atoms with E-state index in [1.165, 1.54) is 10.8 Å². The van der Waals surface area contributed by atoms with E-state index in [4.69, 9.17) is 0 Å². The van der Waals surface area contributed by atoms with Crippen LogP contribution in [0.2, 0.25) is 0 Å². The van der Waals surface area contributed by atoms with Gasteiger partial charge in [0.2, 0.25) is 0 Å². The fourth-order valence-electron chi connectivity index (χ4n) is 3.17. The van der Waals surface area contributed by atoms with Crippen LogP contribution in [0.15, 0.2) is 23.1 Å². The Morgan fingerprint density at radius 1 is 1.37 bits per heavy atom. The van der Waals surface area contributed by atoms with Crippen molar-refractivity contribution >= 4 is 0 Å². The third-order valence-electron chi connectivity index (χ3n) is 4.22. The molecule has 1 aromatic rings. The third-order valence-corrected chi connectivity index (χ3v) is 4.22. The van der Waals surface area contributed by atoms with Gasteiger partial charge in [0.1, 0.15) is 0 Å². The van der Waals surface area contributed by atoms with Crippen molar-refractivity contribution in [3.63, 3.8) is 0 Å². The third kappa shape index (κ3) is 2.29. The van der Waals surface area contributed by atoms with E-state index in [2.05, 4.69) is 5.32 Å². The SMILES string of the molecule is O=c1cc(C(F)(F)F)ccn1CC1CC2(CNC2)C1. The number of pyridine rings is 1. The van der Waals surface area contributed by atoms with Crippen LogP contribution >= 0.6 is 0 Å². The van der Waals surface area contributed by atoms with Gasteiger partial charge in [0.05, 0.1) is 5.56 Å². The fraction of sp³-hybridized carbons (Fsp3) is 0.615. The molecule has 3 rings (SSSR count). The maximum Gasteiger partial charge on any atom is 0.416 e. The molecule has 2 fully saturated rings. The summed E-state index contributed by atoms with van der Waals surface area (Å²) in [6.45, 7) is 2.59. The quantitative estimate of drug-likeness (QED) is 0.891. The molecule has 2 aliphatic rings. The lowest BCUT2D eigenvalue weighted by Gasteiger charge is -2.54. The van der Waals surface area contributed by atoms with E-state index < -0.39 is 17.3 Å². The molecule has 0 aromatic carbocycles. The molecule has 2 heterocycles. The lowest BCUT2D eigenvalue weighted by Crippen LogP contribution is -2.60. The minimum absolute atomic E-state index is 0.413. The zero-order valence-electron chi connectivity index (χ0n) is 10.3. The van der Waals surface area contributed by atoms with Crippen LogP contribution in [0.5, 0.6) is 0 Å². The molecule has 1 aliphatic carbocycles. The highest BCUT2D eigenvalue weighted by Crippen LogP contribution is 2.48. The standard InChI is InChI=1S/C13H15F3N2O/c14-13(15,16)10-1-2-18(11(19)3-10)6-9-4-12(5-9)7-17-8-12/h1-3,9,17H,4-8H2. The van der Waals surface area contributed by atoms with E-state index in [0.717, 1.165) is 32.0 Å². The maximum absolute atomic E-state index is 12.4. The van der Waals surface area contributed by atoms with Crippen LogP contribution in [0.1, 0.15) is 18.4 Å². The van der Waals surface area contributed by atoms with Gasteiger partial charge in [0.15, 0.2) is 0 Å². The second-order valence-corrected chi connectivity index (χ2v) is 5.78. The van der Waals surface area contributed by atoms with Gasteiger partial charge in [-0.05, 0) is 30.2 Å². The number of hydrogen-bond acceptors (Lipinski definition) is 2. The number of aromatic nitrogens is 1. The van der Waals surface area contributed by atoms with Crippen LogP contribution in [-0.2, 0) is 12.7 Å². The topological polar surface area (TPSA) is 34.0 Å². The van der Waals surface area contributed by atoms with Crippen molar-refractivity contribution in [3.05, 3.63) is 34.2 Å². The molecule has 1 N–H and O–H groups in total. The Morgan fingerprint density at radius 3 is 2.53 bits per heavy atom. The van der Waals surface area contributed by atoms with Crippen LogP contribution in [0, 0.1) is 11.3 Å². The Bertz CT molecular complexity index is 538. The van der Waals surface area contributed by atoms with Gasteiger partial charge in [-0.2, -0.15) is 13.2 Å². The smallest absolute Gasteiger partial charge is 0.316 e. The van der Waals surface area contributed by atoms with E-state index in [0.29, 0.717) is 23.9 Å². The largest absolute Gasteiger partial charge is 0.416 e. The molecule has 1 saturated carbocycles. The van der Waals surface area contributed by atoms with E-state index in [-0.39, 0.29) is 0 Å². The average Bonchev–Trinajstić information content (AvgIpc) is 2.20. The molecule has 1 saturated heterocycles. The Hall–Kier alpha value is -1.30. The van der Waals surface area contributed by atoms with Gasteiger partial charge >= 0.3 is 6.18 Å². The highest BCUT2D eigenvalue weighted by Gasteiger charge is 2.48. The normalized spacial score (nSPS) is 22.1. The summed E-state index contributed by atoms with van der Waals surface area (Å²) in [5, 5.41) is 3.23. The van der Waals surface area contributed by atoms with E-state index in [1.807, 2.05) is 0 Å². The van der Waals surface area contributed by atoms with Crippen LogP contribution in [0.4, 0.5) is 13.2 Å². The molecule has 0 amide bonds. The maximum atomic E-state index is 12.4. The number of halogens is 3. The van der Waals surface area contributed by atoms with Crippen molar-refractivity contribution in [2.24, 2.45) is 11.3 Å². The predicted octanol–water partition coefficient (Wildman–Crippen LogP) is 1.87. The van der Waals surface area contributed by atoms with E-state index in [1.54, 1.807) is 0 Å². The Labute approximate surface area is 108 Å². The van der Waals surface area contributed by atoms with E-state index >= 15 is 0 Å². The molecule has 6 heteroatoms. The molecule has 104 valence electrons. The lowest BCUT2D eigenvalue weighted by atomic mass is 9.58. The summed E-state index contributed by atoms with van der Waals surface area (Å²) in [5.74, 6) is 0.413. The second kappa shape index (κ2) is 4.10. The minimum Gasteiger partial charge on any atom is -0.316 e. The zero-order valence-corrected chi connectivity index (χ0v) is 10.3. The molecule has 1 aliphatic heterocycles. The first-order chi connectivity index (χ1) is 8.88. The highest BCUT2D eigenvalue weighted by atomic mass is 19.4. The summed E-state index contributed by atoms with van der Waals surface area (Å²) in [5.41, 5.74) is -1.02. The summed E-state index contributed by atoms with van der Waals surface area (Å²) in [7, 11) is 0. The molecular weight excluding hydrogens is 257 g/mol. The fourth-order valence-corrected chi connectivity index (χ4v) is 3.17. The monoisotopic (exact) mass is 272 g/mol. The number of alkyl halides is 3. The van der Waals surface area contributed by atoms with Crippen LogP contribution < -0.4 is 10.9 Å². The van der Waals surface area contributed by atoms with Crippen molar-refractivity contribution < 1.29 is 13.2 Å². The first kappa shape index (κ1) is 12.7. The molecule has 0 radical (unpaired) electrons. The molecule has 3 nitrogen and oxygen atoms in total. The van der Waals surface area contributed by atoms with Gasteiger partial charge in [0.25, 0.3) is 5.56 Å². The van der Waals surface area contributed by atoms with Crippen molar-refractivity contribution in [2.45, 2.75) is 25.6 Å².